The predicted molar refractivity (Wildman–Crippen MR) is 176 cm³/mol. The summed E-state index contributed by atoms with van der Waals surface area (Å²) >= 11 is 13.0. The van der Waals surface area contributed by atoms with Crippen molar-refractivity contribution in [2.45, 2.75) is 39.0 Å². The summed E-state index contributed by atoms with van der Waals surface area (Å²) in [6.07, 6.45) is -7.62. The third-order valence-corrected chi connectivity index (χ3v) is 7.79. The van der Waals surface area contributed by atoms with E-state index in [0.29, 0.717) is 39.3 Å². The maximum Gasteiger partial charge on any atom is 0.455 e. The number of aromatic nitrogens is 6. The Labute approximate surface area is 287 Å². The van der Waals surface area contributed by atoms with Gasteiger partial charge in [-0.1, -0.05) is 66.7 Å². The molecule has 16 heteroatoms. The Morgan fingerprint density at radius 1 is 0.980 bits per heavy atom. The molecule has 0 fully saturated rings. The monoisotopic (exact) mass is 713 g/mol. The molecular weight excluding hydrogens is 688 g/mol. The first-order chi connectivity index (χ1) is 23.2. The second-order valence-corrected chi connectivity index (χ2v) is 11.6. The van der Waals surface area contributed by atoms with Crippen LogP contribution in [-0.2, 0) is 25.7 Å². The molecule has 9 nitrogen and oxygen atoms in total. The van der Waals surface area contributed by atoms with Crippen LogP contribution in [0.2, 0.25) is 10.0 Å². The van der Waals surface area contributed by atoms with Gasteiger partial charge < -0.3 is 10.6 Å². The van der Waals surface area contributed by atoms with Gasteiger partial charge in [0.25, 0.3) is 5.82 Å². The minimum atomic E-state index is -4.78. The van der Waals surface area contributed by atoms with Gasteiger partial charge in [0, 0.05) is 24.2 Å². The van der Waals surface area contributed by atoms with Crippen LogP contribution in [0.15, 0.2) is 73.8 Å². The van der Waals surface area contributed by atoms with Gasteiger partial charge in [0.15, 0.2) is 0 Å². The number of alkyl halides is 5. The maximum absolute atomic E-state index is 13.1. The number of nitrogens with one attached hydrogen (secondary N) is 2. The van der Waals surface area contributed by atoms with E-state index in [4.69, 9.17) is 23.2 Å². The molecule has 0 amide bonds. The highest BCUT2D eigenvalue weighted by molar-refractivity contribution is 6.37. The summed E-state index contributed by atoms with van der Waals surface area (Å²) in [5.74, 6) is -1.40. The number of benzene rings is 3. The number of para-hydroxylation sites is 1. The molecule has 252 valence electrons. The summed E-state index contributed by atoms with van der Waals surface area (Å²) in [5, 5.41) is 31.2. The van der Waals surface area contributed by atoms with Crippen molar-refractivity contribution in [3.8, 4) is 11.8 Å². The second-order valence-electron chi connectivity index (χ2n) is 10.8. The van der Waals surface area contributed by atoms with E-state index in [1.54, 1.807) is 67.6 Å². The summed E-state index contributed by atoms with van der Waals surface area (Å²) < 4.78 is 66.5. The Balaban J connectivity index is 1.48. The van der Waals surface area contributed by atoms with Crippen molar-refractivity contribution in [3.05, 3.63) is 129 Å². The quantitative estimate of drug-likeness (QED) is 0.126. The number of aryl methyl sites for hydroxylation is 1. The molecule has 0 radical (unpaired) electrons. The SMILES string of the molecule is C=C(NCc1cccc(CC(F)F)c1)c1cc(C#N)cc(C)c1NC(=C)c1cc(Cn2nnc(C(F)(F)F)n2)nn1-c1c(Cl)cccc1Cl. The maximum atomic E-state index is 13.1. The zero-order valence-electron chi connectivity index (χ0n) is 25.7. The van der Waals surface area contributed by atoms with Gasteiger partial charge in [0.1, 0.15) is 12.2 Å². The predicted octanol–water partition coefficient (Wildman–Crippen LogP) is 8.06. The van der Waals surface area contributed by atoms with Crippen molar-refractivity contribution >= 4 is 40.3 Å². The van der Waals surface area contributed by atoms with Gasteiger partial charge in [0.2, 0.25) is 6.43 Å². The van der Waals surface area contributed by atoms with Gasteiger partial charge in [-0.05, 0) is 59.2 Å². The van der Waals surface area contributed by atoms with Crippen molar-refractivity contribution in [3.63, 3.8) is 0 Å². The fourth-order valence-corrected chi connectivity index (χ4v) is 5.53. The average molecular weight is 715 g/mol. The number of anilines is 1. The number of rotatable bonds is 12. The van der Waals surface area contributed by atoms with Crippen molar-refractivity contribution in [2.24, 2.45) is 0 Å². The zero-order chi connectivity index (χ0) is 35.5. The topological polar surface area (TPSA) is 109 Å². The van der Waals surface area contributed by atoms with Crippen molar-refractivity contribution in [2.75, 3.05) is 5.32 Å². The van der Waals surface area contributed by atoms with E-state index in [2.05, 4.69) is 50.4 Å². The highest BCUT2D eigenvalue weighted by Crippen LogP contribution is 2.34. The summed E-state index contributed by atoms with van der Waals surface area (Å²) in [6.45, 7) is 10.1. The van der Waals surface area contributed by atoms with Gasteiger partial charge in [0.05, 0.1) is 44.5 Å². The molecule has 2 aromatic heterocycles. The van der Waals surface area contributed by atoms with E-state index in [0.717, 1.165) is 10.4 Å². The van der Waals surface area contributed by atoms with Gasteiger partial charge in [-0.15, -0.1) is 10.2 Å². The summed E-state index contributed by atoms with van der Waals surface area (Å²) in [6, 6.07) is 18.6. The summed E-state index contributed by atoms with van der Waals surface area (Å²) in [5.41, 5.74) is 4.88. The fourth-order valence-electron chi connectivity index (χ4n) is 4.97. The lowest BCUT2D eigenvalue weighted by atomic mass is 10.0. The molecule has 0 aliphatic heterocycles. The lowest BCUT2D eigenvalue weighted by Crippen LogP contribution is -2.14. The molecule has 0 aliphatic carbocycles. The van der Waals surface area contributed by atoms with Crippen LogP contribution in [0.25, 0.3) is 17.1 Å². The van der Waals surface area contributed by atoms with Crippen LogP contribution >= 0.6 is 23.2 Å². The number of tetrazole rings is 1. The molecule has 0 saturated heterocycles. The third-order valence-electron chi connectivity index (χ3n) is 7.18. The van der Waals surface area contributed by atoms with Gasteiger partial charge in [-0.25, -0.2) is 13.5 Å². The van der Waals surface area contributed by atoms with E-state index in [-0.39, 0.29) is 46.6 Å². The molecule has 0 spiro atoms. The van der Waals surface area contributed by atoms with Crippen LogP contribution in [0.4, 0.5) is 27.6 Å². The molecule has 2 heterocycles. The molecule has 0 unspecified atom stereocenters. The lowest BCUT2D eigenvalue weighted by Gasteiger charge is -2.20. The number of hydrogen-bond acceptors (Lipinski definition) is 7. The van der Waals surface area contributed by atoms with Crippen molar-refractivity contribution in [1.82, 2.24) is 35.3 Å². The summed E-state index contributed by atoms with van der Waals surface area (Å²) in [7, 11) is 0. The van der Waals surface area contributed by atoms with Crippen LogP contribution in [0.5, 0.6) is 0 Å². The Kier molecular flexibility index (Phi) is 10.4. The number of nitriles is 1. The molecule has 2 N–H and O–H groups in total. The standard InChI is InChI=1S/C33H26Cl2F5N9/c1-18-10-23(15-41)12-25(19(2)42-16-22-7-4-6-21(11-22)13-29(36)37)30(18)43-20(3)28-14-24(17-48-46-32(44-47-48)33(38,39)40)45-49(28)31-26(34)8-5-9-27(31)35/h4-12,14,29,42-43H,2-3,13,16-17H2,1H3. The first-order valence-corrected chi connectivity index (χ1v) is 15.2. The number of hydrogen-bond donors (Lipinski definition) is 2. The van der Waals surface area contributed by atoms with E-state index >= 15 is 0 Å². The molecule has 3 aromatic carbocycles. The fraction of sp³-hybridized carbons (Fsp3) is 0.182. The van der Waals surface area contributed by atoms with E-state index in [9.17, 15) is 27.2 Å². The zero-order valence-corrected chi connectivity index (χ0v) is 27.2. The van der Waals surface area contributed by atoms with E-state index in [1.165, 1.54) is 4.68 Å². The second kappa shape index (κ2) is 14.5. The lowest BCUT2D eigenvalue weighted by molar-refractivity contribution is -0.145. The molecule has 5 rings (SSSR count). The molecular formula is C33H26Cl2F5N9. The number of halogens is 7. The summed E-state index contributed by atoms with van der Waals surface area (Å²) in [4.78, 5) is 0.755. The van der Waals surface area contributed by atoms with Crippen LogP contribution in [0.1, 0.15) is 45.0 Å². The minimum Gasteiger partial charge on any atom is -0.381 e. The van der Waals surface area contributed by atoms with Gasteiger partial charge in [-0.2, -0.15) is 28.3 Å². The highest BCUT2D eigenvalue weighted by Gasteiger charge is 2.37. The van der Waals surface area contributed by atoms with Crippen LogP contribution < -0.4 is 10.6 Å². The number of nitrogens with zero attached hydrogens (tertiary/aromatic N) is 7. The molecule has 49 heavy (non-hydrogen) atoms. The molecule has 0 aliphatic rings. The van der Waals surface area contributed by atoms with E-state index in [1.807, 2.05) is 0 Å². The highest BCUT2D eigenvalue weighted by atomic mass is 35.5. The Hall–Kier alpha value is -5.26. The van der Waals surface area contributed by atoms with Crippen LogP contribution in [0, 0.1) is 18.3 Å². The molecule has 0 saturated carbocycles. The Morgan fingerprint density at radius 2 is 1.67 bits per heavy atom. The normalized spacial score (nSPS) is 11.4. The first-order valence-electron chi connectivity index (χ1n) is 14.4. The van der Waals surface area contributed by atoms with Gasteiger partial charge >= 0.3 is 6.18 Å². The van der Waals surface area contributed by atoms with Crippen LogP contribution in [0.3, 0.4) is 0 Å². The van der Waals surface area contributed by atoms with Gasteiger partial charge in [-0.3, -0.25) is 0 Å². The van der Waals surface area contributed by atoms with Crippen molar-refractivity contribution in [1.29, 1.82) is 5.26 Å². The smallest absolute Gasteiger partial charge is 0.381 e. The Bertz CT molecular complexity index is 2060. The van der Waals surface area contributed by atoms with Crippen LogP contribution in [-0.4, -0.2) is 36.4 Å². The van der Waals surface area contributed by atoms with Crippen molar-refractivity contribution < 1.29 is 22.0 Å². The minimum absolute atomic E-state index is 0.233. The molecule has 5 aromatic rings. The average Bonchev–Trinajstić information content (AvgIpc) is 3.68. The molecule has 0 bridgehead atoms. The third kappa shape index (κ3) is 8.25. The van der Waals surface area contributed by atoms with E-state index < -0.39 is 18.4 Å². The largest absolute Gasteiger partial charge is 0.455 e. The molecule has 0 atom stereocenters. The first kappa shape index (κ1) is 35.1. The Morgan fingerprint density at radius 3 is 2.33 bits per heavy atom.